The van der Waals surface area contributed by atoms with Crippen molar-refractivity contribution in [3.05, 3.63) is 30.2 Å². The van der Waals surface area contributed by atoms with Gasteiger partial charge in [0.2, 0.25) is 11.8 Å². The molecule has 1 saturated heterocycles. The Morgan fingerprint density at radius 3 is 2.96 bits per heavy atom. The fourth-order valence-corrected chi connectivity index (χ4v) is 2.79. The van der Waals surface area contributed by atoms with Gasteiger partial charge >= 0.3 is 6.03 Å². The van der Waals surface area contributed by atoms with E-state index in [4.69, 9.17) is 4.52 Å². The van der Waals surface area contributed by atoms with Crippen LogP contribution in [-0.2, 0) is 13.0 Å². The molecule has 1 atom stereocenters. The van der Waals surface area contributed by atoms with Gasteiger partial charge in [0.1, 0.15) is 6.54 Å². The monoisotopic (exact) mass is 345 g/mol. The minimum atomic E-state index is -0.155. The van der Waals surface area contributed by atoms with E-state index in [1.54, 1.807) is 30.4 Å². The molecule has 1 aliphatic heterocycles. The molecule has 0 spiro atoms. The van der Waals surface area contributed by atoms with Crippen molar-refractivity contribution < 1.29 is 9.32 Å². The van der Waals surface area contributed by atoms with Gasteiger partial charge in [0.05, 0.1) is 0 Å². The second kappa shape index (κ2) is 7.91. The fraction of sp³-hybridized carbons (Fsp3) is 0.562. The molecule has 134 valence electrons. The van der Waals surface area contributed by atoms with E-state index in [2.05, 4.69) is 30.3 Å². The van der Waals surface area contributed by atoms with Crippen LogP contribution in [-0.4, -0.2) is 57.2 Å². The number of aryl methyl sites for hydroxylation is 1. The molecule has 1 N–H and O–H groups in total. The number of urea groups is 1. The van der Waals surface area contributed by atoms with E-state index in [1.807, 2.05) is 6.92 Å². The van der Waals surface area contributed by atoms with Crippen molar-refractivity contribution in [2.75, 3.05) is 25.0 Å². The van der Waals surface area contributed by atoms with E-state index >= 15 is 0 Å². The van der Waals surface area contributed by atoms with E-state index in [1.165, 1.54) is 0 Å². The predicted molar refractivity (Wildman–Crippen MR) is 90.9 cm³/mol. The number of aromatic nitrogens is 4. The van der Waals surface area contributed by atoms with Crippen LogP contribution < -0.4 is 10.2 Å². The van der Waals surface area contributed by atoms with E-state index in [0.29, 0.717) is 30.6 Å². The second-order valence-corrected chi connectivity index (χ2v) is 6.10. The van der Waals surface area contributed by atoms with Gasteiger partial charge in [0.15, 0.2) is 5.82 Å². The van der Waals surface area contributed by atoms with Crippen LogP contribution in [0.1, 0.15) is 31.5 Å². The van der Waals surface area contributed by atoms with Crippen molar-refractivity contribution in [3.63, 3.8) is 0 Å². The predicted octanol–water partition coefficient (Wildman–Crippen LogP) is 1.23. The van der Waals surface area contributed by atoms with E-state index in [9.17, 15) is 4.79 Å². The topological polar surface area (TPSA) is 100 Å². The van der Waals surface area contributed by atoms with Gasteiger partial charge in [-0.05, 0) is 18.9 Å². The Morgan fingerprint density at radius 1 is 1.44 bits per heavy atom. The van der Waals surface area contributed by atoms with Crippen molar-refractivity contribution >= 4 is 12.0 Å². The molecule has 0 bridgehead atoms. The van der Waals surface area contributed by atoms with Gasteiger partial charge in [0.25, 0.3) is 0 Å². The minimum absolute atomic E-state index is 0.0568. The molecular formula is C16H23N7O2. The molecule has 1 fully saturated rings. The highest BCUT2D eigenvalue weighted by Crippen LogP contribution is 2.15. The van der Waals surface area contributed by atoms with Gasteiger partial charge in [-0.3, -0.25) is 0 Å². The van der Waals surface area contributed by atoms with Crippen LogP contribution in [0.25, 0.3) is 0 Å². The number of anilines is 1. The molecule has 25 heavy (non-hydrogen) atoms. The average molecular weight is 345 g/mol. The van der Waals surface area contributed by atoms with E-state index in [-0.39, 0.29) is 18.6 Å². The Labute approximate surface area is 146 Å². The molecule has 3 heterocycles. The maximum absolute atomic E-state index is 12.4. The van der Waals surface area contributed by atoms with Gasteiger partial charge in [-0.15, -0.1) is 0 Å². The van der Waals surface area contributed by atoms with Gasteiger partial charge in [0, 0.05) is 45.0 Å². The average Bonchev–Trinajstić information content (AvgIpc) is 3.10. The second-order valence-electron chi connectivity index (χ2n) is 6.10. The molecule has 1 aliphatic rings. The summed E-state index contributed by atoms with van der Waals surface area (Å²) >= 11 is 0. The fourth-order valence-electron chi connectivity index (χ4n) is 2.79. The highest BCUT2D eigenvalue weighted by molar-refractivity contribution is 5.74. The lowest BCUT2D eigenvalue weighted by molar-refractivity contribution is 0.194. The number of carbonyl (C=O) groups excluding carboxylic acids is 1. The zero-order valence-corrected chi connectivity index (χ0v) is 14.6. The van der Waals surface area contributed by atoms with Crippen molar-refractivity contribution in [2.45, 2.75) is 38.8 Å². The molecule has 0 aromatic carbocycles. The Morgan fingerprint density at radius 2 is 2.24 bits per heavy atom. The van der Waals surface area contributed by atoms with E-state index < -0.39 is 0 Å². The highest BCUT2D eigenvalue weighted by atomic mass is 16.5. The van der Waals surface area contributed by atoms with E-state index in [0.717, 1.165) is 19.4 Å². The number of amides is 2. The van der Waals surface area contributed by atoms with Crippen LogP contribution in [0, 0.1) is 0 Å². The summed E-state index contributed by atoms with van der Waals surface area (Å²) in [5, 5.41) is 6.90. The molecule has 2 aromatic rings. The molecule has 2 amide bonds. The maximum atomic E-state index is 12.4. The first-order valence-corrected chi connectivity index (χ1v) is 8.50. The summed E-state index contributed by atoms with van der Waals surface area (Å²) < 4.78 is 5.13. The van der Waals surface area contributed by atoms with Crippen molar-refractivity contribution in [1.29, 1.82) is 0 Å². The zero-order chi connectivity index (χ0) is 17.6. The summed E-state index contributed by atoms with van der Waals surface area (Å²) in [6.07, 6.45) is 6.08. The van der Waals surface area contributed by atoms with Gasteiger partial charge in [-0.1, -0.05) is 12.1 Å². The number of nitrogens with one attached hydrogen (secondary N) is 1. The third kappa shape index (κ3) is 4.43. The molecule has 9 heteroatoms. The normalized spacial score (nSPS) is 17.4. The van der Waals surface area contributed by atoms with Gasteiger partial charge in [-0.25, -0.2) is 14.8 Å². The largest absolute Gasteiger partial charge is 0.339 e. The highest BCUT2D eigenvalue weighted by Gasteiger charge is 2.24. The maximum Gasteiger partial charge on any atom is 0.317 e. The third-order valence-electron chi connectivity index (χ3n) is 4.13. The Balaban J connectivity index is 1.53. The molecular weight excluding hydrogens is 322 g/mol. The smallest absolute Gasteiger partial charge is 0.317 e. The number of piperidine rings is 1. The Kier molecular flexibility index (Phi) is 5.42. The molecule has 9 nitrogen and oxygen atoms in total. The first-order chi connectivity index (χ1) is 12.2. The SMILES string of the molecule is CCc1noc(CN(C)C(=O)N[C@H]2CCCN(c3ncccn3)C2)n1. The first kappa shape index (κ1) is 17.1. The summed E-state index contributed by atoms with van der Waals surface area (Å²) in [6, 6.07) is 1.70. The standard InChI is InChI=1S/C16H23N7O2/c1-3-13-20-14(25-21-13)11-22(2)16(24)19-12-6-4-9-23(10-12)15-17-7-5-8-18-15/h5,7-8,12H,3-4,6,9-11H2,1-2H3,(H,19,24)/t12-/m0/s1. The summed E-state index contributed by atoms with van der Waals surface area (Å²) in [5.41, 5.74) is 0. The van der Waals surface area contributed by atoms with Crippen molar-refractivity contribution in [2.24, 2.45) is 0 Å². The van der Waals surface area contributed by atoms with Crippen LogP contribution in [0.4, 0.5) is 10.7 Å². The number of hydrogen-bond donors (Lipinski definition) is 1. The zero-order valence-electron chi connectivity index (χ0n) is 14.6. The summed E-state index contributed by atoms with van der Waals surface area (Å²) in [7, 11) is 1.71. The molecule has 0 unspecified atom stereocenters. The van der Waals surface area contributed by atoms with Crippen LogP contribution in [0.5, 0.6) is 0 Å². The number of hydrogen-bond acceptors (Lipinski definition) is 7. The number of rotatable bonds is 5. The molecule has 0 saturated carbocycles. The van der Waals surface area contributed by atoms with Crippen LogP contribution >= 0.6 is 0 Å². The number of nitrogens with zero attached hydrogens (tertiary/aromatic N) is 6. The van der Waals surface area contributed by atoms with Crippen LogP contribution in [0.2, 0.25) is 0 Å². The lowest BCUT2D eigenvalue weighted by Crippen LogP contribution is -2.51. The summed E-state index contributed by atoms with van der Waals surface area (Å²) in [6.45, 7) is 3.84. The van der Waals surface area contributed by atoms with Crippen LogP contribution in [0.3, 0.4) is 0 Å². The summed E-state index contributed by atoms with van der Waals surface area (Å²) in [5.74, 6) is 1.79. The lowest BCUT2D eigenvalue weighted by atomic mass is 10.1. The summed E-state index contributed by atoms with van der Waals surface area (Å²) in [4.78, 5) is 28.8. The number of carbonyl (C=O) groups is 1. The van der Waals surface area contributed by atoms with Gasteiger partial charge in [-0.2, -0.15) is 4.98 Å². The molecule has 0 radical (unpaired) electrons. The van der Waals surface area contributed by atoms with Crippen LogP contribution in [0.15, 0.2) is 23.0 Å². The molecule has 0 aliphatic carbocycles. The lowest BCUT2D eigenvalue weighted by Gasteiger charge is -2.33. The molecule has 3 rings (SSSR count). The van der Waals surface area contributed by atoms with Crippen molar-refractivity contribution in [1.82, 2.24) is 30.3 Å². The molecule has 2 aromatic heterocycles. The Bertz CT molecular complexity index is 691. The quantitative estimate of drug-likeness (QED) is 0.870. The van der Waals surface area contributed by atoms with Crippen molar-refractivity contribution in [3.8, 4) is 0 Å². The first-order valence-electron chi connectivity index (χ1n) is 8.50. The van der Waals surface area contributed by atoms with Gasteiger partial charge < -0.3 is 19.6 Å². The Hall–Kier alpha value is -2.71. The minimum Gasteiger partial charge on any atom is -0.339 e. The third-order valence-corrected chi connectivity index (χ3v) is 4.13.